The fourth-order valence-corrected chi connectivity index (χ4v) is 4.23. The molecule has 3 heterocycles. The van der Waals surface area contributed by atoms with E-state index in [-0.39, 0.29) is 23.2 Å². The van der Waals surface area contributed by atoms with Crippen LogP contribution >= 0.6 is 0 Å². The smallest absolute Gasteiger partial charge is 0.151 e. The largest absolute Gasteiger partial charge is 0.506 e. The first-order valence-corrected chi connectivity index (χ1v) is 7.74. The van der Waals surface area contributed by atoms with Gasteiger partial charge in [-0.15, -0.1) is 0 Å². The fourth-order valence-electron chi connectivity index (χ4n) is 2.53. The molecule has 1 aliphatic heterocycles. The van der Waals surface area contributed by atoms with Crippen LogP contribution in [-0.2, 0) is 9.84 Å². The van der Waals surface area contributed by atoms with Crippen molar-refractivity contribution >= 4 is 15.4 Å². The van der Waals surface area contributed by atoms with Crippen molar-refractivity contribution in [2.75, 3.05) is 11.5 Å². The maximum Gasteiger partial charge on any atom is 0.151 e. The van der Waals surface area contributed by atoms with E-state index in [9.17, 15) is 13.5 Å². The highest BCUT2D eigenvalue weighted by atomic mass is 32.2. The van der Waals surface area contributed by atoms with Crippen molar-refractivity contribution in [1.82, 2.24) is 9.38 Å². The van der Waals surface area contributed by atoms with Crippen LogP contribution in [-0.4, -0.2) is 34.4 Å². The number of nitrogens with zero attached hydrogens (tertiary/aromatic N) is 2. The second-order valence-corrected chi connectivity index (χ2v) is 6.98. The maximum absolute atomic E-state index is 11.7. The first-order chi connectivity index (χ1) is 8.55. The van der Waals surface area contributed by atoms with Crippen LogP contribution in [0.15, 0.2) is 24.5 Å². The number of fused-ring (bicyclic) bond motifs is 1. The molecule has 1 atom stereocenters. The third kappa shape index (κ3) is 1.96. The van der Waals surface area contributed by atoms with Gasteiger partial charge in [-0.05, 0) is 25.0 Å². The lowest BCUT2D eigenvalue weighted by molar-refractivity contribution is 0.470. The average Bonchev–Trinajstić information content (AvgIpc) is 2.70. The molecule has 0 bridgehead atoms. The van der Waals surface area contributed by atoms with Gasteiger partial charge in [0.05, 0.1) is 29.4 Å². The van der Waals surface area contributed by atoms with Gasteiger partial charge in [0.2, 0.25) is 0 Å². The molecule has 0 amide bonds. The van der Waals surface area contributed by atoms with E-state index in [0.29, 0.717) is 6.42 Å². The second kappa shape index (κ2) is 3.98. The zero-order valence-electron chi connectivity index (χ0n) is 9.78. The molecule has 1 N–H and O–H groups in total. The summed E-state index contributed by atoms with van der Waals surface area (Å²) in [6.45, 7) is 0. The van der Waals surface area contributed by atoms with Crippen molar-refractivity contribution in [3.05, 3.63) is 30.4 Å². The normalized spacial score (nSPS) is 23.2. The van der Waals surface area contributed by atoms with E-state index in [0.717, 1.165) is 17.8 Å². The molecule has 6 heteroatoms. The molecule has 2 aromatic heterocycles. The number of pyridine rings is 1. The van der Waals surface area contributed by atoms with Gasteiger partial charge in [-0.2, -0.15) is 0 Å². The zero-order valence-corrected chi connectivity index (χ0v) is 10.6. The minimum absolute atomic E-state index is 0.0759. The predicted octanol–water partition coefficient (Wildman–Crippen LogP) is 1.33. The monoisotopic (exact) mass is 266 g/mol. The number of rotatable bonds is 1. The Labute approximate surface area is 105 Å². The highest BCUT2D eigenvalue weighted by molar-refractivity contribution is 7.91. The zero-order chi connectivity index (χ0) is 12.8. The summed E-state index contributed by atoms with van der Waals surface area (Å²) < 4.78 is 25.1. The fraction of sp³-hybridized carbons (Fsp3) is 0.417. The molecular formula is C12H14N2O3S. The molecule has 3 rings (SSSR count). The molecule has 18 heavy (non-hydrogen) atoms. The Balaban J connectivity index is 2.06. The molecule has 1 fully saturated rings. The van der Waals surface area contributed by atoms with Crippen LogP contribution in [0.3, 0.4) is 0 Å². The summed E-state index contributed by atoms with van der Waals surface area (Å²) in [6, 6.07) is 3.36. The standard InChI is InChI=1S/C12H14N2O3S/c15-11-4-3-10-6-13-12(14(10)7-11)9-2-1-5-18(16,17)8-9/h3-4,6-7,9,15H,1-2,5,8H2. The molecule has 1 saturated heterocycles. The summed E-state index contributed by atoms with van der Waals surface area (Å²) >= 11 is 0. The van der Waals surface area contributed by atoms with Crippen molar-refractivity contribution in [3.8, 4) is 5.75 Å². The van der Waals surface area contributed by atoms with Crippen molar-refractivity contribution in [2.45, 2.75) is 18.8 Å². The summed E-state index contributed by atoms with van der Waals surface area (Å²) in [5.74, 6) is 1.23. The molecule has 0 radical (unpaired) electrons. The average molecular weight is 266 g/mol. The predicted molar refractivity (Wildman–Crippen MR) is 67.5 cm³/mol. The van der Waals surface area contributed by atoms with E-state index in [1.54, 1.807) is 28.9 Å². The van der Waals surface area contributed by atoms with Crippen LogP contribution < -0.4 is 0 Å². The highest BCUT2D eigenvalue weighted by Crippen LogP contribution is 2.28. The molecular weight excluding hydrogens is 252 g/mol. The van der Waals surface area contributed by atoms with E-state index in [1.807, 2.05) is 0 Å². The number of imidazole rings is 1. The first-order valence-electron chi connectivity index (χ1n) is 5.91. The van der Waals surface area contributed by atoms with Gasteiger partial charge in [0.1, 0.15) is 11.6 Å². The molecule has 1 unspecified atom stereocenters. The number of hydrogen-bond donors (Lipinski definition) is 1. The van der Waals surface area contributed by atoms with Gasteiger partial charge < -0.3 is 5.11 Å². The van der Waals surface area contributed by atoms with Crippen LogP contribution in [0.1, 0.15) is 24.6 Å². The van der Waals surface area contributed by atoms with Crippen molar-refractivity contribution in [1.29, 1.82) is 0 Å². The van der Waals surface area contributed by atoms with E-state index in [2.05, 4.69) is 4.98 Å². The minimum Gasteiger partial charge on any atom is -0.506 e. The van der Waals surface area contributed by atoms with Crippen LogP contribution in [0.25, 0.3) is 5.52 Å². The number of hydrogen-bond acceptors (Lipinski definition) is 4. The highest BCUT2D eigenvalue weighted by Gasteiger charge is 2.28. The van der Waals surface area contributed by atoms with Crippen molar-refractivity contribution in [3.63, 3.8) is 0 Å². The molecule has 2 aromatic rings. The molecule has 1 aliphatic rings. The SMILES string of the molecule is O=S1(=O)CCCC(c2ncc3ccc(O)cn23)C1. The summed E-state index contributed by atoms with van der Waals surface area (Å²) in [6.07, 6.45) is 4.80. The molecule has 0 spiro atoms. The van der Waals surface area contributed by atoms with E-state index in [4.69, 9.17) is 0 Å². The van der Waals surface area contributed by atoms with Gasteiger partial charge in [-0.3, -0.25) is 4.40 Å². The van der Waals surface area contributed by atoms with Crippen molar-refractivity contribution < 1.29 is 13.5 Å². The lowest BCUT2D eigenvalue weighted by atomic mass is 10.1. The Bertz CT molecular complexity index is 690. The Morgan fingerprint density at radius 2 is 2.22 bits per heavy atom. The van der Waals surface area contributed by atoms with Crippen LogP contribution in [0.5, 0.6) is 5.75 Å². The second-order valence-electron chi connectivity index (χ2n) is 4.75. The van der Waals surface area contributed by atoms with E-state index in [1.165, 1.54) is 0 Å². The van der Waals surface area contributed by atoms with Crippen LogP contribution in [0, 0.1) is 0 Å². The number of aromatic nitrogens is 2. The van der Waals surface area contributed by atoms with Gasteiger partial charge in [-0.25, -0.2) is 13.4 Å². The Morgan fingerprint density at radius 1 is 1.39 bits per heavy atom. The third-order valence-corrected chi connectivity index (χ3v) is 5.19. The lowest BCUT2D eigenvalue weighted by Gasteiger charge is -2.20. The Kier molecular flexibility index (Phi) is 2.55. The van der Waals surface area contributed by atoms with Gasteiger partial charge in [-0.1, -0.05) is 0 Å². The summed E-state index contributed by atoms with van der Waals surface area (Å²) in [5, 5.41) is 9.51. The van der Waals surface area contributed by atoms with E-state index < -0.39 is 9.84 Å². The Hall–Kier alpha value is -1.56. The first kappa shape index (κ1) is 11.5. The topological polar surface area (TPSA) is 71.7 Å². The molecule has 0 saturated carbocycles. The summed E-state index contributed by atoms with van der Waals surface area (Å²) in [7, 11) is -2.95. The number of aromatic hydroxyl groups is 1. The number of sulfone groups is 1. The van der Waals surface area contributed by atoms with Gasteiger partial charge in [0.25, 0.3) is 0 Å². The molecule has 0 aliphatic carbocycles. The van der Waals surface area contributed by atoms with Crippen LogP contribution in [0.2, 0.25) is 0 Å². The third-order valence-electron chi connectivity index (χ3n) is 3.37. The van der Waals surface area contributed by atoms with Crippen LogP contribution in [0.4, 0.5) is 0 Å². The summed E-state index contributed by atoms with van der Waals surface area (Å²) in [4.78, 5) is 4.31. The molecule has 96 valence electrons. The van der Waals surface area contributed by atoms with Gasteiger partial charge in [0.15, 0.2) is 9.84 Å². The maximum atomic E-state index is 11.7. The Morgan fingerprint density at radius 3 is 3.00 bits per heavy atom. The van der Waals surface area contributed by atoms with Gasteiger partial charge >= 0.3 is 0 Å². The summed E-state index contributed by atoms with van der Waals surface area (Å²) in [5.41, 5.74) is 0.866. The quantitative estimate of drug-likeness (QED) is 0.845. The lowest BCUT2D eigenvalue weighted by Crippen LogP contribution is -2.25. The molecule has 5 nitrogen and oxygen atoms in total. The van der Waals surface area contributed by atoms with Crippen molar-refractivity contribution in [2.24, 2.45) is 0 Å². The minimum atomic E-state index is -2.95. The van der Waals surface area contributed by atoms with E-state index >= 15 is 0 Å². The van der Waals surface area contributed by atoms with Gasteiger partial charge in [0, 0.05) is 5.92 Å². The molecule has 0 aromatic carbocycles.